The number of nitrogens with one attached hydrogen (secondary N) is 1. The fourth-order valence-electron chi connectivity index (χ4n) is 3.22. The van der Waals surface area contributed by atoms with Gasteiger partial charge in [-0.3, -0.25) is 10.1 Å². The average molecular weight is 420 g/mol. The minimum atomic E-state index is -3.93. The molecule has 2 aromatic rings. The smallest absolute Gasteiger partial charge is 0.271 e. The Bertz CT molecular complexity index is 972. The van der Waals surface area contributed by atoms with E-state index in [-0.39, 0.29) is 16.3 Å². The number of para-hydroxylation sites is 1. The van der Waals surface area contributed by atoms with Crippen LogP contribution >= 0.6 is 0 Å². The second-order valence-corrected chi connectivity index (χ2v) is 8.76. The molecule has 9 heteroatoms. The Hall–Kier alpha value is -2.49. The van der Waals surface area contributed by atoms with Crippen LogP contribution in [0.4, 0.5) is 5.69 Å². The van der Waals surface area contributed by atoms with E-state index in [9.17, 15) is 18.5 Å². The molecule has 1 aliphatic rings. The number of unbranched alkanes of at least 4 members (excludes halogenated alkanes) is 1. The van der Waals surface area contributed by atoms with Crippen LogP contribution in [0.3, 0.4) is 0 Å². The third kappa shape index (κ3) is 4.92. The van der Waals surface area contributed by atoms with Crippen molar-refractivity contribution in [2.75, 3.05) is 26.2 Å². The van der Waals surface area contributed by atoms with Crippen LogP contribution in [0.1, 0.15) is 25.3 Å². The number of ether oxygens (including phenoxy) is 1. The molecule has 0 bridgehead atoms. The molecule has 0 radical (unpaired) electrons. The van der Waals surface area contributed by atoms with E-state index in [1.165, 1.54) is 16.4 Å². The first kappa shape index (κ1) is 21.2. The number of aryl methyl sites for hydroxylation is 1. The van der Waals surface area contributed by atoms with Gasteiger partial charge in [-0.2, -0.15) is 4.31 Å². The number of nitro benzene ring substituents is 1. The Kier molecular flexibility index (Phi) is 6.83. The highest BCUT2D eigenvalue weighted by atomic mass is 32.2. The summed E-state index contributed by atoms with van der Waals surface area (Å²) in [6.45, 7) is 3.77. The molecule has 0 spiro atoms. The van der Waals surface area contributed by atoms with Crippen LogP contribution < -0.4 is 10.1 Å². The van der Waals surface area contributed by atoms with Crippen molar-refractivity contribution >= 4 is 15.7 Å². The van der Waals surface area contributed by atoms with Crippen LogP contribution in [0, 0.1) is 10.1 Å². The third-order valence-electron chi connectivity index (χ3n) is 4.82. The first-order chi connectivity index (χ1) is 13.9. The van der Waals surface area contributed by atoms with Gasteiger partial charge in [0.05, 0.1) is 4.92 Å². The number of rotatable bonds is 8. The number of piperazine rings is 1. The van der Waals surface area contributed by atoms with Gasteiger partial charge in [0.15, 0.2) is 0 Å². The van der Waals surface area contributed by atoms with E-state index >= 15 is 0 Å². The highest BCUT2D eigenvalue weighted by Gasteiger charge is 2.31. The highest BCUT2D eigenvalue weighted by molar-refractivity contribution is 7.89. The predicted molar refractivity (Wildman–Crippen MR) is 110 cm³/mol. The van der Waals surface area contributed by atoms with Gasteiger partial charge in [-0.15, -0.1) is 0 Å². The molecule has 1 N–H and O–H groups in total. The molecule has 1 saturated heterocycles. The maximum absolute atomic E-state index is 13.2. The van der Waals surface area contributed by atoms with Gasteiger partial charge >= 0.3 is 0 Å². The molecule has 0 aromatic heterocycles. The maximum atomic E-state index is 13.2. The van der Waals surface area contributed by atoms with Crippen molar-refractivity contribution < 1.29 is 18.1 Å². The van der Waals surface area contributed by atoms with E-state index in [1.54, 1.807) is 6.07 Å². The summed E-state index contributed by atoms with van der Waals surface area (Å²) in [6.07, 6.45) is 2.81. The number of hydrogen-bond acceptors (Lipinski definition) is 6. The lowest BCUT2D eigenvalue weighted by Crippen LogP contribution is -2.46. The Morgan fingerprint density at radius 1 is 1.14 bits per heavy atom. The Morgan fingerprint density at radius 3 is 2.55 bits per heavy atom. The van der Waals surface area contributed by atoms with E-state index in [4.69, 9.17) is 4.74 Å². The predicted octanol–water partition coefficient (Wildman–Crippen LogP) is 3.32. The van der Waals surface area contributed by atoms with Gasteiger partial charge in [0.1, 0.15) is 16.4 Å². The monoisotopic (exact) mass is 419 g/mol. The standard InChI is InChI=1S/C20H25N3O5S/c1-2-3-6-16-7-4-5-8-18(16)28-19-10-9-17(23(24)25)15-20(19)29(26,27)22-13-11-21-12-14-22/h4-5,7-10,15,21H,2-3,6,11-14H2,1H3. The molecule has 0 aliphatic carbocycles. The van der Waals surface area contributed by atoms with Crippen LogP contribution in [0.25, 0.3) is 0 Å². The van der Waals surface area contributed by atoms with Gasteiger partial charge in [0.2, 0.25) is 10.0 Å². The number of hydrogen-bond donors (Lipinski definition) is 1. The summed E-state index contributed by atoms with van der Waals surface area (Å²) in [5, 5.41) is 14.3. The average Bonchev–Trinajstić information content (AvgIpc) is 2.73. The van der Waals surface area contributed by atoms with Gasteiger partial charge in [-0.25, -0.2) is 8.42 Å². The van der Waals surface area contributed by atoms with Crippen molar-refractivity contribution in [2.45, 2.75) is 31.1 Å². The molecule has 1 fully saturated rings. The fourth-order valence-corrected chi connectivity index (χ4v) is 4.79. The van der Waals surface area contributed by atoms with Crippen LogP contribution in [0.2, 0.25) is 0 Å². The molecule has 0 amide bonds. The largest absolute Gasteiger partial charge is 0.456 e. The molecule has 0 saturated carbocycles. The lowest BCUT2D eigenvalue weighted by molar-refractivity contribution is -0.385. The van der Waals surface area contributed by atoms with Crippen LogP contribution in [0.15, 0.2) is 47.4 Å². The summed E-state index contributed by atoms with van der Waals surface area (Å²) >= 11 is 0. The van der Waals surface area contributed by atoms with Gasteiger partial charge in [-0.1, -0.05) is 31.5 Å². The maximum Gasteiger partial charge on any atom is 0.271 e. The zero-order valence-corrected chi connectivity index (χ0v) is 17.2. The number of non-ortho nitro benzene ring substituents is 1. The first-order valence-electron chi connectivity index (χ1n) is 9.68. The van der Waals surface area contributed by atoms with Crippen molar-refractivity contribution in [1.29, 1.82) is 0 Å². The van der Waals surface area contributed by atoms with Crippen LogP contribution in [0.5, 0.6) is 11.5 Å². The minimum absolute atomic E-state index is 0.0954. The van der Waals surface area contributed by atoms with E-state index in [0.717, 1.165) is 30.9 Å². The molecular weight excluding hydrogens is 394 g/mol. The summed E-state index contributed by atoms with van der Waals surface area (Å²) < 4.78 is 33.8. The van der Waals surface area contributed by atoms with Crippen molar-refractivity contribution in [3.63, 3.8) is 0 Å². The van der Waals surface area contributed by atoms with E-state index < -0.39 is 14.9 Å². The number of sulfonamides is 1. The Morgan fingerprint density at radius 2 is 1.86 bits per heavy atom. The SMILES string of the molecule is CCCCc1ccccc1Oc1ccc([N+](=O)[O-])cc1S(=O)(=O)N1CCNCC1. The van der Waals surface area contributed by atoms with Crippen molar-refractivity contribution in [1.82, 2.24) is 9.62 Å². The van der Waals surface area contributed by atoms with Gasteiger partial charge in [0.25, 0.3) is 5.69 Å². The summed E-state index contributed by atoms with van der Waals surface area (Å²) in [6, 6.07) is 11.2. The molecule has 3 rings (SSSR count). The zero-order chi connectivity index (χ0) is 20.9. The van der Waals surface area contributed by atoms with Crippen molar-refractivity contribution in [3.8, 4) is 11.5 Å². The molecule has 1 aliphatic heterocycles. The molecule has 0 unspecified atom stereocenters. The Balaban J connectivity index is 2.02. The quantitative estimate of drug-likeness (QED) is 0.520. The molecule has 2 aromatic carbocycles. The van der Waals surface area contributed by atoms with Crippen molar-refractivity contribution in [2.24, 2.45) is 0 Å². The number of benzene rings is 2. The zero-order valence-electron chi connectivity index (χ0n) is 16.3. The third-order valence-corrected chi connectivity index (χ3v) is 6.74. The fraction of sp³-hybridized carbons (Fsp3) is 0.400. The van der Waals surface area contributed by atoms with E-state index in [1.807, 2.05) is 18.2 Å². The second-order valence-electron chi connectivity index (χ2n) is 6.86. The molecule has 8 nitrogen and oxygen atoms in total. The van der Waals surface area contributed by atoms with Gasteiger partial charge < -0.3 is 10.1 Å². The molecule has 156 valence electrons. The summed E-state index contributed by atoms with van der Waals surface area (Å²) in [5.74, 6) is 0.657. The highest BCUT2D eigenvalue weighted by Crippen LogP contribution is 2.35. The van der Waals surface area contributed by atoms with E-state index in [0.29, 0.717) is 31.9 Å². The topological polar surface area (TPSA) is 102 Å². The number of nitro groups is 1. The van der Waals surface area contributed by atoms with Gasteiger partial charge in [-0.05, 0) is 30.5 Å². The van der Waals surface area contributed by atoms with Crippen LogP contribution in [-0.4, -0.2) is 43.8 Å². The second kappa shape index (κ2) is 9.34. The normalized spacial score (nSPS) is 15.2. The lowest BCUT2D eigenvalue weighted by atomic mass is 10.1. The molecule has 29 heavy (non-hydrogen) atoms. The van der Waals surface area contributed by atoms with Crippen molar-refractivity contribution in [3.05, 3.63) is 58.1 Å². The molecule has 1 heterocycles. The first-order valence-corrected chi connectivity index (χ1v) is 11.1. The van der Waals surface area contributed by atoms with E-state index in [2.05, 4.69) is 12.2 Å². The molecule has 0 atom stereocenters. The molecular formula is C20H25N3O5S. The van der Waals surface area contributed by atoms with Crippen LogP contribution in [-0.2, 0) is 16.4 Å². The summed E-state index contributed by atoms with van der Waals surface area (Å²) in [7, 11) is -3.93. The minimum Gasteiger partial charge on any atom is -0.456 e. The summed E-state index contributed by atoms with van der Waals surface area (Å²) in [5.41, 5.74) is 0.684. The Labute approximate surface area is 170 Å². The number of nitrogens with zero attached hydrogens (tertiary/aromatic N) is 2. The summed E-state index contributed by atoms with van der Waals surface area (Å²) in [4.78, 5) is 10.5. The van der Waals surface area contributed by atoms with Gasteiger partial charge in [0, 0.05) is 38.3 Å². The lowest BCUT2D eigenvalue weighted by Gasteiger charge is -2.27.